The van der Waals surface area contributed by atoms with Crippen molar-refractivity contribution >= 4 is 44.8 Å². The molecule has 0 aliphatic heterocycles. The third-order valence-corrected chi connectivity index (χ3v) is 7.44. The summed E-state index contributed by atoms with van der Waals surface area (Å²) in [6.07, 6.45) is 1.45. The van der Waals surface area contributed by atoms with Gasteiger partial charge in [-0.3, -0.25) is 9.10 Å². The highest BCUT2D eigenvalue weighted by molar-refractivity contribution is 7.92. The van der Waals surface area contributed by atoms with Crippen molar-refractivity contribution in [2.75, 3.05) is 24.5 Å². The third kappa shape index (κ3) is 6.65. The average molecular weight is 521 g/mol. The number of nitrogens with one attached hydrogen (secondary N) is 1. The Morgan fingerprint density at radius 1 is 0.971 bits per heavy atom. The lowest BCUT2D eigenvalue weighted by Gasteiger charge is -2.26. The number of sulfonamides is 1. The van der Waals surface area contributed by atoms with Gasteiger partial charge in [-0.15, -0.1) is 0 Å². The first-order valence-electron chi connectivity index (χ1n) is 10.6. The van der Waals surface area contributed by atoms with Gasteiger partial charge in [-0.1, -0.05) is 53.0 Å². The van der Waals surface area contributed by atoms with Crippen LogP contribution in [0.5, 0.6) is 5.75 Å². The van der Waals surface area contributed by atoms with Gasteiger partial charge >= 0.3 is 0 Å². The van der Waals surface area contributed by atoms with Crippen LogP contribution in [0.1, 0.15) is 17.5 Å². The highest BCUT2D eigenvalue weighted by atomic mass is 35.5. The van der Waals surface area contributed by atoms with Crippen LogP contribution in [0.15, 0.2) is 71.6 Å². The second kappa shape index (κ2) is 11.6. The quantitative estimate of drug-likeness (QED) is 0.370. The molecule has 0 radical (unpaired) electrons. The topological polar surface area (TPSA) is 75.7 Å². The summed E-state index contributed by atoms with van der Waals surface area (Å²) < 4.78 is 33.5. The van der Waals surface area contributed by atoms with Crippen LogP contribution in [0.4, 0.5) is 5.69 Å². The van der Waals surface area contributed by atoms with Gasteiger partial charge in [-0.2, -0.15) is 0 Å². The number of hydrogen-bond donors (Lipinski definition) is 1. The molecule has 0 saturated carbocycles. The number of methoxy groups -OCH3 is 1. The van der Waals surface area contributed by atoms with Crippen molar-refractivity contribution in [3.8, 4) is 5.75 Å². The molecule has 0 atom stereocenters. The minimum atomic E-state index is -4.07. The zero-order chi connectivity index (χ0) is 24.7. The summed E-state index contributed by atoms with van der Waals surface area (Å²) in [4.78, 5) is 12.9. The lowest BCUT2D eigenvalue weighted by molar-refractivity contribution is -0.119. The van der Waals surface area contributed by atoms with Crippen molar-refractivity contribution in [3.63, 3.8) is 0 Å². The number of benzene rings is 3. The van der Waals surface area contributed by atoms with Crippen LogP contribution in [0.25, 0.3) is 0 Å². The van der Waals surface area contributed by atoms with E-state index >= 15 is 0 Å². The van der Waals surface area contributed by atoms with Gasteiger partial charge in [0.1, 0.15) is 12.3 Å². The van der Waals surface area contributed by atoms with E-state index in [0.29, 0.717) is 23.0 Å². The molecule has 180 valence electrons. The Labute approximate surface area is 210 Å². The minimum absolute atomic E-state index is 0.0654. The van der Waals surface area contributed by atoms with Crippen LogP contribution < -0.4 is 14.4 Å². The Kier molecular flexibility index (Phi) is 8.83. The number of carbonyl (C=O) groups is 1. The normalized spacial score (nSPS) is 11.2. The van der Waals surface area contributed by atoms with Crippen LogP contribution >= 0.6 is 23.2 Å². The van der Waals surface area contributed by atoms with Crippen LogP contribution in [0.3, 0.4) is 0 Å². The molecular formula is C25H26Cl2N2O4S. The molecule has 0 aromatic heterocycles. The monoisotopic (exact) mass is 520 g/mol. The number of hydrogen-bond acceptors (Lipinski definition) is 4. The summed E-state index contributed by atoms with van der Waals surface area (Å²) in [5, 5.41) is 3.80. The zero-order valence-electron chi connectivity index (χ0n) is 18.9. The first-order chi connectivity index (χ1) is 16.2. The van der Waals surface area contributed by atoms with Gasteiger partial charge in [-0.05, 0) is 67.8 Å². The number of anilines is 1. The SMILES string of the molecule is COc1ccc(Cl)cc1N(CC(=O)NCCCc1ccc(Cl)cc1)S(=O)(=O)c1ccc(C)cc1. The molecule has 3 aromatic rings. The molecule has 0 fully saturated rings. The second-order valence-electron chi connectivity index (χ2n) is 7.72. The Bertz CT molecular complexity index is 1230. The Morgan fingerprint density at radius 2 is 1.62 bits per heavy atom. The van der Waals surface area contributed by atoms with Crippen LogP contribution in [-0.2, 0) is 21.2 Å². The smallest absolute Gasteiger partial charge is 0.264 e. The fourth-order valence-electron chi connectivity index (χ4n) is 3.35. The molecule has 9 heteroatoms. The van der Waals surface area contributed by atoms with Crippen molar-refractivity contribution in [1.29, 1.82) is 0 Å². The highest BCUT2D eigenvalue weighted by Crippen LogP contribution is 2.34. The van der Waals surface area contributed by atoms with E-state index in [1.807, 2.05) is 31.2 Å². The van der Waals surface area contributed by atoms with E-state index in [4.69, 9.17) is 27.9 Å². The molecule has 3 rings (SSSR count). The van der Waals surface area contributed by atoms with E-state index in [1.54, 1.807) is 24.3 Å². The first kappa shape index (κ1) is 25.9. The summed E-state index contributed by atoms with van der Waals surface area (Å²) in [7, 11) is -2.64. The maximum atomic E-state index is 13.5. The summed E-state index contributed by atoms with van der Waals surface area (Å²) in [5.41, 5.74) is 2.21. The van der Waals surface area contributed by atoms with Gasteiger partial charge in [0.05, 0.1) is 17.7 Å². The molecule has 0 heterocycles. The zero-order valence-corrected chi connectivity index (χ0v) is 21.3. The minimum Gasteiger partial charge on any atom is -0.495 e. The second-order valence-corrected chi connectivity index (χ2v) is 10.5. The lowest BCUT2D eigenvalue weighted by Crippen LogP contribution is -2.41. The number of ether oxygens (including phenoxy) is 1. The van der Waals surface area contributed by atoms with Crippen molar-refractivity contribution in [2.24, 2.45) is 0 Å². The average Bonchev–Trinajstić information content (AvgIpc) is 2.81. The summed E-state index contributed by atoms with van der Waals surface area (Å²) in [6.45, 7) is 1.84. The van der Waals surface area contributed by atoms with E-state index in [9.17, 15) is 13.2 Å². The molecular weight excluding hydrogens is 495 g/mol. The molecule has 1 amide bonds. The molecule has 0 aliphatic rings. The van der Waals surface area contributed by atoms with Crippen LogP contribution in [0, 0.1) is 6.92 Å². The third-order valence-electron chi connectivity index (χ3n) is 5.18. The molecule has 6 nitrogen and oxygen atoms in total. The number of rotatable bonds is 10. The molecule has 0 bridgehead atoms. The Hall–Kier alpha value is -2.74. The highest BCUT2D eigenvalue weighted by Gasteiger charge is 2.29. The molecule has 0 saturated heterocycles. The number of amides is 1. The number of halogens is 2. The predicted octanol–water partition coefficient (Wildman–Crippen LogP) is 5.25. The van der Waals surface area contributed by atoms with E-state index in [1.165, 1.54) is 25.3 Å². The van der Waals surface area contributed by atoms with Crippen molar-refractivity contribution in [2.45, 2.75) is 24.7 Å². The maximum absolute atomic E-state index is 13.5. The van der Waals surface area contributed by atoms with Gasteiger partial charge < -0.3 is 10.1 Å². The lowest BCUT2D eigenvalue weighted by atomic mass is 10.1. The molecule has 0 aliphatic carbocycles. The van der Waals surface area contributed by atoms with Gasteiger partial charge in [-0.25, -0.2) is 8.42 Å². The molecule has 0 spiro atoms. The standard InChI is InChI=1S/C25H26Cl2N2O4S/c1-18-5-12-22(13-6-18)34(31,32)29(23-16-21(27)11-14-24(23)33-2)17-25(30)28-15-3-4-19-7-9-20(26)10-8-19/h5-14,16H,3-4,15,17H2,1-2H3,(H,28,30). The van der Waals surface area contributed by atoms with E-state index in [-0.39, 0.29) is 16.3 Å². The van der Waals surface area contributed by atoms with Crippen LogP contribution in [0.2, 0.25) is 10.0 Å². The molecule has 1 N–H and O–H groups in total. The van der Waals surface area contributed by atoms with E-state index < -0.39 is 22.5 Å². The van der Waals surface area contributed by atoms with Crippen LogP contribution in [-0.4, -0.2) is 34.5 Å². The van der Waals surface area contributed by atoms with E-state index in [0.717, 1.165) is 21.9 Å². The van der Waals surface area contributed by atoms with Crippen molar-refractivity contribution < 1.29 is 17.9 Å². The first-order valence-corrected chi connectivity index (χ1v) is 12.8. The van der Waals surface area contributed by atoms with Crippen molar-refractivity contribution in [1.82, 2.24) is 5.32 Å². The summed E-state index contributed by atoms with van der Waals surface area (Å²) in [5.74, 6) is -0.149. The van der Waals surface area contributed by atoms with Gasteiger partial charge in [0.15, 0.2) is 0 Å². The Balaban J connectivity index is 1.78. The van der Waals surface area contributed by atoms with Gasteiger partial charge in [0.2, 0.25) is 5.91 Å². The summed E-state index contributed by atoms with van der Waals surface area (Å²) in [6, 6.07) is 18.6. The Morgan fingerprint density at radius 3 is 2.26 bits per heavy atom. The van der Waals surface area contributed by atoms with Gasteiger partial charge in [0, 0.05) is 16.6 Å². The maximum Gasteiger partial charge on any atom is 0.264 e. The largest absolute Gasteiger partial charge is 0.495 e. The number of nitrogens with zero attached hydrogens (tertiary/aromatic N) is 1. The molecule has 3 aromatic carbocycles. The predicted molar refractivity (Wildman–Crippen MR) is 136 cm³/mol. The molecule has 34 heavy (non-hydrogen) atoms. The molecule has 0 unspecified atom stereocenters. The fourth-order valence-corrected chi connectivity index (χ4v) is 5.07. The number of aryl methyl sites for hydroxylation is 2. The number of carbonyl (C=O) groups excluding carboxylic acids is 1. The van der Waals surface area contributed by atoms with Gasteiger partial charge in [0.25, 0.3) is 10.0 Å². The fraction of sp³-hybridized carbons (Fsp3) is 0.240. The van der Waals surface area contributed by atoms with Crippen molar-refractivity contribution in [3.05, 3.63) is 87.9 Å². The van der Waals surface area contributed by atoms with E-state index in [2.05, 4.69) is 5.32 Å². The summed E-state index contributed by atoms with van der Waals surface area (Å²) >= 11 is 12.1.